The fourth-order valence-corrected chi connectivity index (χ4v) is 2.29. The zero-order chi connectivity index (χ0) is 12.4. The molecule has 1 aromatic rings. The lowest BCUT2D eigenvalue weighted by Gasteiger charge is -2.20. The average molecular weight is 236 g/mol. The lowest BCUT2D eigenvalue weighted by atomic mass is 9.96. The topological polar surface area (TPSA) is 72.9 Å². The number of carbonyl (C=O) groups is 1. The summed E-state index contributed by atoms with van der Waals surface area (Å²) in [6, 6.07) is 2.00. The van der Waals surface area contributed by atoms with E-state index >= 15 is 0 Å². The Labute approximate surface area is 101 Å². The van der Waals surface area contributed by atoms with Crippen LogP contribution in [0.5, 0.6) is 0 Å². The summed E-state index contributed by atoms with van der Waals surface area (Å²) in [5.74, 6) is 0.00284. The van der Waals surface area contributed by atoms with Crippen molar-refractivity contribution in [2.24, 2.45) is 5.73 Å². The number of hydrogen-bond donors (Lipinski definition) is 2. The van der Waals surface area contributed by atoms with Crippen molar-refractivity contribution in [2.45, 2.75) is 38.6 Å². The first-order chi connectivity index (χ1) is 8.09. The maximum atomic E-state index is 11.4. The maximum absolute atomic E-state index is 11.4. The van der Waals surface area contributed by atoms with Crippen molar-refractivity contribution in [2.75, 3.05) is 13.1 Å². The van der Waals surface area contributed by atoms with E-state index < -0.39 is 5.91 Å². The van der Waals surface area contributed by atoms with Crippen LogP contribution in [-0.4, -0.2) is 28.8 Å². The molecular weight excluding hydrogens is 216 g/mol. The first kappa shape index (κ1) is 12.1. The minimum atomic E-state index is -0.402. The van der Waals surface area contributed by atoms with Gasteiger partial charge in [0.15, 0.2) is 0 Å². The summed E-state index contributed by atoms with van der Waals surface area (Å²) < 4.78 is 1.73. The van der Waals surface area contributed by atoms with Gasteiger partial charge in [-0.1, -0.05) is 0 Å². The number of amides is 1. The Morgan fingerprint density at radius 2 is 2.41 bits per heavy atom. The highest BCUT2D eigenvalue weighted by molar-refractivity contribution is 5.91. The minimum absolute atomic E-state index is 0.155. The lowest BCUT2D eigenvalue weighted by molar-refractivity contribution is 0.0988. The summed E-state index contributed by atoms with van der Waals surface area (Å²) in [6.45, 7) is 6.02. The normalized spacial score (nSPS) is 20.8. The van der Waals surface area contributed by atoms with Crippen LogP contribution in [0.4, 0.5) is 0 Å². The molecule has 1 saturated heterocycles. The van der Waals surface area contributed by atoms with Crippen molar-refractivity contribution in [3.63, 3.8) is 0 Å². The Balaban J connectivity index is 2.29. The lowest BCUT2D eigenvalue weighted by Crippen LogP contribution is -2.28. The SMILES string of the molecule is CC(C)n1nc(C2CCCNC2)cc1C(N)=O. The van der Waals surface area contributed by atoms with E-state index in [9.17, 15) is 4.79 Å². The number of nitrogens with one attached hydrogen (secondary N) is 1. The fraction of sp³-hybridized carbons (Fsp3) is 0.667. The Morgan fingerprint density at radius 3 is 2.88 bits per heavy atom. The molecule has 1 amide bonds. The van der Waals surface area contributed by atoms with Crippen LogP contribution in [-0.2, 0) is 0 Å². The molecule has 0 bridgehead atoms. The second kappa shape index (κ2) is 4.87. The van der Waals surface area contributed by atoms with Gasteiger partial charge in [-0.15, -0.1) is 0 Å². The highest BCUT2D eigenvalue weighted by Gasteiger charge is 2.22. The molecule has 94 valence electrons. The Kier molecular flexibility index (Phi) is 3.47. The molecule has 1 aromatic heterocycles. The van der Waals surface area contributed by atoms with E-state index in [0.717, 1.165) is 31.6 Å². The Hall–Kier alpha value is -1.36. The smallest absolute Gasteiger partial charge is 0.266 e. The molecule has 5 heteroatoms. The van der Waals surface area contributed by atoms with Crippen LogP contribution in [0.1, 0.15) is 54.8 Å². The van der Waals surface area contributed by atoms with Gasteiger partial charge in [0.2, 0.25) is 0 Å². The maximum Gasteiger partial charge on any atom is 0.266 e. The van der Waals surface area contributed by atoms with E-state index in [1.54, 1.807) is 4.68 Å². The number of piperidine rings is 1. The van der Waals surface area contributed by atoms with Crippen molar-refractivity contribution in [3.8, 4) is 0 Å². The van der Waals surface area contributed by atoms with Crippen molar-refractivity contribution < 1.29 is 4.79 Å². The molecule has 17 heavy (non-hydrogen) atoms. The molecule has 0 saturated carbocycles. The summed E-state index contributed by atoms with van der Waals surface area (Å²) in [5, 5.41) is 7.89. The molecule has 2 heterocycles. The summed E-state index contributed by atoms with van der Waals surface area (Å²) in [7, 11) is 0. The predicted molar refractivity (Wildman–Crippen MR) is 66.0 cm³/mol. The van der Waals surface area contributed by atoms with Gasteiger partial charge in [-0.25, -0.2) is 0 Å². The third kappa shape index (κ3) is 2.49. The van der Waals surface area contributed by atoms with E-state index in [0.29, 0.717) is 11.6 Å². The zero-order valence-corrected chi connectivity index (χ0v) is 10.4. The number of nitrogens with zero attached hydrogens (tertiary/aromatic N) is 2. The molecule has 0 radical (unpaired) electrons. The second-order valence-electron chi connectivity index (χ2n) is 4.90. The van der Waals surface area contributed by atoms with Crippen LogP contribution < -0.4 is 11.1 Å². The molecule has 5 nitrogen and oxygen atoms in total. The second-order valence-corrected chi connectivity index (χ2v) is 4.90. The first-order valence-corrected chi connectivity index (χ1v) is 6.19. The van der Waals surface area contributed by atoms with E-state index in [2.05, 4.69) is 10.4 Å². The van der Waals surface area contributed by atoms with Gasteiger partial charge in [0.1, 0.15) is 5.69 Å². The quantitative estimate of drug-likeness (QED) is 0.823. The molecule has 3 N–H and O–H groups in total. The summed E-state index contributed by atoms with van der Waals surface area (Å²) in [5.41, 5.74) is 6.88. The van der Waals surface area contributed by atoms with E-state index in [4.69, 9.17) is 5.73 Å². The highest BCUT2D eigenvalue weighted by atomic mass is 16.1. The third-order valence-corrected chi connectivity index (χ3v) is 3.21. The standard InChI is InChI=1S/C12H20N4O/c1-8(2)16-11(12(13)17)6-10(15-16)9-4-3-5-14-7-9/h6,8-9,14H,3-5,7H2,1-2H3,(H2,13,17). The van der Waals surface area contributed by atoms with Crippen LogP contribution >= 0.6 is 0 Å². The van der Waals surface area contributed by atoms with Gasteiger partial charge < -0.3 is 11.1 Å². The number of rotatable bonds is 3. The number of nitrogens with two attached hydrogens (primary N) is 1. The van der Waals surface area contributed by atoms with Crippen LogP contribution in [0.3, 0.4) is 0 Å². The van der Waals surface area contributed by atoms with Crippen molar-refractivity contribution in [1.29, 1.82) is 0 Å². The van der Waals surface area contributed by atoms with Crippen LogP contribution in [0, 0.1) is 0 Å². The first-order valence-electron chi connectivity index (χ1n) is 6.19. The van der Waals surface area contributed by atoms with Gasteiger partial charge in [-0.05, 0) is 39.3 Å². The number of hydrogen-bond acceptors (Lipinski definition) is 3. The van der Waals surface area contributed by atoms with Gasteiger partial charge >= 0.3 is 0 Å². The molecule has 1 aliphatic rings. The van der Waals surface area contributed by atoms with Crippen molar-refractivity contribution >= 4 is 5.91 Å². The molecule has 1 unspecified atom stereocenters. The number of primary amides is 1. The highest BCUT2D eigenvalue weighted by Crippen LogP contribution is 2.24. The largest absolute Gasteiger partial charge is 0.364 e. The average Bonchev–Trinajstić information content (AvgIpc) is 2.75. The number of aromatic nitrogens is 2. The molecule has 2 rings (SSSR count). The molecule has 0 aliphatic carbocycles. The van der Waals surface area contributed by atoms with Gasteiger partial charge in [-0.3, -0.25) is 9.48 Å². The third-order valence-electron chi connectivity index (χ3n) is 3.21. The van der Waals surface area contributed by atoms with Gasteiger partial charge in [-0.2, -0.15) is 5.10 Å². The summed E-state index contributed by atoms with van der Waals surface area (Å²) in [4.78, 5) is 11.4. The molecule has 1 fully saturated rings. The van der Waals surface area contributed by atoms with Gasteiger partial charge in [0.05, 0.1) is 5.69 Å². The van der Waals surface area contributed by atoms with Gasteiger partial charge in [0, 0.05) is 18.5 Å². The van der Waals surface area contributed by atoms with Crippen LogP contribution in [0.25, 0.3) is 0 Å². The summed E-state index contributed by atoms with van der Waals surface area (Å²) >= 11 is 0. The molecule has 0 spiro atoms. The predicted octanol–water partition coefficient (Wildman–Crippen LogP) is 1.03. The molecular formula is C12H20N4O. The van der Waals surface area contributed by atoms with Crippen molar-refractivity contribution in [3.05, 3.63) is 17.5 Å². The number of carbonyl (C=O) groups excluding carboxylic acids is 1. The summed E-state index contributed by atoms with van der Waals surface area (Å²) in [6.07, 6.45) is 2.28. The van der Waals surface area contributed by atoms with E-state index in [-0.39, 0.29) is 6.04 Å². The van der Waals surface area contributed by atoms with Crippen LogP contribution in [0.2, 0.25) is 0 Å². The Bertz CT molecular complexity index is 405. The fourth-order valence-electron chi connectivity index (χ4n) is 2.29. The molecule has 1 atom stereocenters. The molecule has 0 aromatic carbocycles. The van der Waals surface area contributed by atoms with Gasteiger partial charge in [0.25, 0.3) is 5.91 Å². The van der Waals surface area contributed by atoms with E-state index in [1.807, 2.05) is 19.9 Å². The zero-order valence-electron chi connectivity index (χ0n) is 10.4. The van der Waals surface area contributed by atoms with Crippen molar-refractivity contribution in [1.82, 2.24) is 15.1 Å². The Morgan fingerprint density at radius 1 is 1.65 bits per heavy atom. The molecule has 1 aliphatic heterocycles. The minimum Gasteiger partial charge on any atom is -0.364 e. The monoisotopic (exact) mass is 236 g/mol. The van der Waals surface area contributed by atoms with E-state index in [1.165, 1.54) is 0 Å². The van der Waals surface area contributed by atoms with Crippen LogP contribution in [0.15, 0.2) is 6.07 Å².